The van der Waals surface area contributed by atoms with E-state index in [9.17, 15) is 4.39 Å². The molecule has 5 nitrogen and oxygen atoms in total. The van der Waals surface area contributed by atoms with Crippen molar-refractivity contribution in [1.29, 1.82) is 0 Å². The molecule has 0 atom stereocenters. The molecule has 2 aromatic heterocycles. The van der Waals surface area contributed by atoms with Crippen LogP contribution in [0.15, 0.2) is 24.8 Å². The quantitative estimate of drug-likeness (QED) is 0.825. The number of hydrogen-bond donors (Lipinski definition) is 0. The number of aryl methyl sites for hydroxylation is 1. The summed E-state index contributed by atoms with van der Waals surface area (Å²) in [6, 6.07) is 1.76. The Labute approximate surface area is 145 Å². The van der Waals surface area contributed by atoms with Gasteiger partial charge in [-0.05, 0) is 25.2 Å². The number of halogens is 2. The standard InChI is InChI=1S/C17H20ClFN4O/c1-2-14-16(19)17(22-11-21-14)23-7-4-12(5-8-23)10-24-15-3-6-20-9-13(15)18/h3,6,9,11-12H,2,4-5,7-8,10H2,1H3. The van der Waals surface area contributed by atoms with Crippen molar-refractivity contribution in [2.75, 3.05) is 24.6 Å². The van der Waals surface area contributed by atoms with Crippen LogP contribution < -0.4 is 9.64 Å². The van der Waals surface area contributed by atoms with Gasteiger partial charge in [0.15, 0.2) is 11.6 Å². The predicted octanol–water partition coefficient (Wildman–Crippen LogP) is 3.52. The third-order valence-corrected chi connectivity index (χ3v) is 4.59. The highest BCUT2D eigenvalue weighted by Gasteiger charge is 2.24. The maximum atomic E-state index is 14.4. The van der Waals surface area contributed by atoms with E-state index in [0.29, 0.717) is 41.2 Å². The second kappa shape index (κ2) is 7.75. The average molecular weight is 351 g/mol. The second-order valence-corrected chi connectivity index (χ2v) is 6.27. The predicted molar refractivity (Wildman–Crippen MR) is 91.0 cm³/mol. The van der Waals surface area contributed by atoms with Crippen LogP contribution >= 0.6 is 11.6 Å². The van der Waals surface area contributed by atoms with Crippen molar-refractivity contribution in [3.63, 3.8) is 0 Å². The molecule has 3 heterocycles. The van der Waals surface area contributed by atoms with E-state index in [1.165, 1.54) is 6.33 Å². The second-order valence-electron chi connectivity index (χ2n) is 5.86. The highest BCUT2D eigenvalue weighted by molar-refractivity contribution is 6.31. The molecule has 1 aliphatic rings. The number of ether oxygens (including phenoxy) is 1. The molecule has 0 saturated carbocycles. The van der Waals surface area contributed by atoms with Gasteiger partial charge in [-0.2, -0.15) is 0 Å². The Bertz CT molecular complexity index is 692. The van der Waals surface area contributed by atoms with Crippen molar-refractivity contribution >= 4 is 17.4 Å². The van der Waals surface area contributed by atoms with Crippen molar-refractivity contribution in [1.82, 2.24) is 15.0 Å². The van der Waals surface area contributed by atoms with Crippen LogP contribution in [0.5, 0.6) is 5.75 Å². The van der Waals surface area contributed by atoms with E-state index in [0.717, 1.165) is 25.9 Å². The Morgan fingerprint density at radius 2 is 2.12 bits per heavy atom. The van der Waals surface area contributed by atoms with Gasteiger partial charge in [-0.25, -0.2) is 14.4 Å². The first-order chi connectivity index (χ1) is 11.7. The van der Waals surface area contributed by atoms with Gasteiger partial charge in [-0.15, -0.1) is 0 Å². The summed E-state index contributed by atoms with van der Waals surface area (Å²) < 4.78 is 20.1. The van der Waals surface area contributed by atoms with Gasteiger partial charge < -0.3 is 9.64 Å². The molecule has 1 saturated heterocycles. The van der Waals surface area contributed by atoms with Crippen LogP contribution in [-0.4, -0.2) is 34.6 Å². The molecule has 24 heavy (non-hydrogen) atoms. The molecule has 0 amide bonds. The van der Waals surface area contributed by atoms with Crippen LogP contribution in [-0.2, 0) is 6.42 Å². The highest BCUT2D eigenvalue weighted by atomic mass is 35.5. The fourth-order valence-corrected chi connectivity index (χ4v) is 3.04. The number of rotatable bonds is 5. The van der Waals surface area contributed by atoms with Crippen LogP contribution in [0.2, 0.25) is 5.02 Å². The lowest BCUT2D eigenvalue weighted by Gasteiger charge is -2.32. The minimum Gasteiger partial charge on any atom is -0.492 e. The average Bonchev–Trinajstić information content (AvgIpc) is 2.62. The summed E-state index contributed by atoms with van der Waals surface area (Å²) in [5.41, 5.74) is 0.470. The molecule has 7 heteroatoms. The third kappa shape index (κ3) is 3.75. The lowest BCUT2D eigenvalue weighted by molar-refractivity contribution is 0.222. The molecule has 0 aliphatic carbocycles. The van der Waals surface area contributed by atoms with E-state index in [-0.39, 0.29) is 5.82 Å². The van der Waals surface area contributed by atoms with Gasteiger partial charge in [-0.1, -0.05) is 18.5 Å². The molecule has 0 spiro atoms. The largest absolute Gasteiger partial charge is 0.492 e. The van der Waals surface area contributed by atoms with Crippen molar-refractivity contribution in [2.24, 2.45) is 5.92 Å². The molecule has 0 unspecified atom stereocenters. The molecule has 1 aliphatic heterocycles. The summed E-state index contributed by atoms with van der Waals surface area (Å²) in [6.45, 7) is 4.01. The molecule has 0 N–H and O–H groups in total. The monoisotopic (exact) mass is 350 g/mol. The van der Waals surface area contributed by atoms with E-state index in [1.807, 2.05) is 11.8 Å². The fraction of sp³-hybridized carbons (Fsp3) is 0.471. The number of hydrogen-bond acceptors (Lipinski definition) is 5. The summed E-state index contributed by atoms with van der Waals surface area (Å²) in [5, 5.41) is 0.519. The first-order valence-electron chi connectivity index (χ1n) is 8.15. The van der Waals surface area contributed by atoms with Crippen LogP contribution in [0.1, 0.15) is 25.5 Å². The fourth-order valence-electron chi connectivity index (χ4n) is 2.86. The molecule has 128 valence electrons. The van der Waals surface area contributed by atoms with Crippen LogP contribution in [0.4, 0.5) is 10.2 Å². The third-order valence-electron chi connectivity index (χ3n) is 4.30. The van der Waals surface area contributed by atoms with Crippen molar-refractivity contribution in [3.8, 4) is 5.75 Å². The normalized spacial score (nSPS) is 15.5. The van der Waals surface area contributed by atoms with Crippen molar-refractivity contribution < 1.29 is 9.13 Å². The van der Waals surface area contributed by atoms with Gasteiger partial charge in [0.05, 0.1) is 12.3 Å². The van der Waals surface area contributed by atoms with E-state index in [4.69, 9.17) is 16.3 Å². The zero-order valence-electron chi connectivity index (χ0n) is 13.6. The van der Waals surface area contributed by atoms with E-state index < -0.39 is 0 Å². The lowest BCUT2D eigenvalue weighted by atomic mass is 9.98. The van der Waals surface area contributed by atoms with Gasteiger partial charge in [0.2, 0.25) is 0 Å². The Hall–Kier alpha value is -1.95. The Morgan fingerprint density at radius 3 is 2.83 bits per heavy atom. The van der Waals surface area contributed by atoms with Crippen LogP contribution in [0, 0.1) is 11.7 Å². The molecule has 1 fully saturated rings. The summed E-state index contributed by atoms with van der Waals surface area (Å²) in [4.78, 5) is 14.0. The molecule has 3 rings (SSSR count). The number of anilines is 1. The van der Waals surface area contributed by atoms with Crippen molar-refractivity contribution in [3.05, 3.63) is 41.3 Å². The van der Waals surface area contributed by atoms with E-state index in [1.54, 1.807) is 18.5 Å². The smallest absolute Gasteiger partial charge is 0.187 e. The zero-order valence-corrected chi connectivity index (χ0v) is 14.3. The van der Waals surface area contributed by atoms with Gasteiger partial charge in [0, 0.05) is 31.5 Å². The minimum atomic E-state index is -0.293. The summed E-state index contributed by atoms with van der Waals surface area (Å²) in [5.74, 6) is 1.20. The number of nitrogens with zero attached hydrogens (tertiary/aromatic N) is 4. The van der Waals surface area contributed by atoms with Crippen LogP contribution in [0.25, 0.3) is 0 Å². The molecule has 2 aromatic rings. The Morgan fingerprint density at radius 1 is 1.33 bits per heavy atom. The maximum Gasteiger partial charge on any atom is 0.187 e. The summed E-state index contributed by atoms with van der Waals surface area (Å²) in [6.07, 6.45) is 7.09. The number of piperidine rings is 1. The SMILES string of the molecule is CCc1ncnc(N2CCC(COc3ccncc3Cl)CC2)c1F. The lowest BCUT2D eigenvalue weighted by Crippen LogP contribution is -2.36. The molecule has 0 radical (unpaired) electrons. The van der Waals surface area contributed by atoms with Gasteiger partial charge in [-0.3, -0.25) is 4.98 Å². The van der Waals surface area contributed by atoms with Gasteiger partial charge >= 0.3 is 0 Å². The van der Waals surface area contributed by atoms with Gasteiger partial charge in [0.25, 0.3) is 0 Å². The Kier molecular flexibility index (Phi) is 5.45. The summed E-state index contributed by atoms with van der Waals surface area (Å²) >= 11 is 6.04. The number of aromatic nitrogens is 3. The van der Waals surface area contributed by atoms with Gasteiger partial charge in [0.1, 0.15) is 17.1 Å². The first-order valence-corrected chi connectivity index (χ1v) is 8.53. The van der Waals surface area contributed by atoms with E-state index in [2.05, 4.69) is 15.0 Å². The van der Waals surface area contributed by atoms with Crippen LogP contribution in [0.3, 0.4) is 0 Å². The van der Waals surface area contributed by atoms with Crippen molar-refractivity contribution in [2.45, 2.75) is 26.2 Å². The maximum absolute atomic E-state index is 14.4. The minimum absolute atomic E-state index is 0.293. The molecule has 0 aromatic carbocycles. The molecular formula is C17H20ClFN4O. The molecule has 0 bridgehead atoms. The summed E-state index contributed by atoms with van der Waals surface area (Å²) in [7, 11) is 0. The topological polar surface area (TPSA) is 51.1 Å². The highest BCUT2D eigenvalue weighted by Crippen LogP contribution is 2.27. The Balaban J connectivity index is 1.55. The molecular weight excluding hydrogens is 331 g/mol. The zero-order chi connectivity index (χ0) is 16.9. The first kappa shape index (κ1) is 16.9. The number of pyridine rings is 1. The van der Waals surface area contributed by atoms with E-state index >= 15 is 0 Å².